The van der Waals surface area contributed by atoms with Gasteiger partial charge in [0.15, 0.2) is 0 Å². The minimum absolute atomic E-state index is 0.156. The quantitative estimate of drug-likeness (QED) is 0.865. The van der Waals surface area contributed by atoms with E-state index in [1.54, 1.807) is 24.1 Å². The predicted molar refractivity (Wildman–Crippen MR) is 83.2 cm³/mol. The molecule has 0 saturated heterocycles. The molecule has 0 N–H and O–H groups in total. The van der Waals surface area contributed by atoms with E-state index < -0.39 is 0 Å². The number of amides is 1. The molecule has 1 aliphatic carbocycles. The number of rotatable bonds is 4. The van der Waals surface area contributed by atoms with E-state index in [0.29, 0.717) is 23.3 Å². The van der Waals surface area contributed by atoms with Crippen LogP contribution < -0.4 is 0 Å². The van der Waals surface area contributed by atoms with Gasteiger partial charge in [0, 0.05) is 23.6 Å². The van der Waals surface area contributed by atoms with Gasteiger partial charge in [-0.05, 0) is 37.1 Å². The number of aromatic nitrogens is 2. The molecule has 6 heteroatoms. The monoisotopic (exact) mass is 319 g/mol. The second kappa shape index (κ2) is 6.48. The number of hydrogen-bond donors (Lipinski definition) is 0. The lowest BCUT2D eigenvalue weighted by Gasteiger charge is -2.18. The van der Waals surface area contributed by atoms with Crippen molar-refractivity contribution in [1.29, 1.82) is 0 Å². The molecule has 1 aromatic heterocycles. The minimum atomic E-state index is 0.156. The average molecular weight is 320 g/mol. The number of nitrogens with zero attached hydrogens (tertiary/aromatic N) is 3. The second-order valence-corrected chi connectivity index (χ2v) is 6.13. The zero-order valence-corrected chi connectivity index (χ0v) is 13.2. The number of benzene rings is 1. The molecule has 0 bridgehead atoms. The van der Waals surface area contributed by atoms with Crippen LogP contribution in [0.5, 0.6) is 0 Å². The first-order valence-electron chi connectivity index (χ1n) is 7.47. The summed E-state index contributed by atoms with van der Waals surface area (Å²) in [7, 11) is 1.78. The second-order valence-electron chi connectivity index (χ2n) is 5.69. The summed E-state index contributed by atoms with van der Waals surface area (Å²) in [5.41, 5.74) is 0.837. The Hall–Kier alpha value is -1.88. The Morgan fingerprint density at radius 2 is 2.00 bits per heavy atom. The fourth-order valence-electron chi connectivity index (χ4n) is 2.80. The summed E-state index contributed by atoms with van der Waals surface area (Å²) >= 11 is 5.86. The van der Waals surface area contributed by atoms with Gasteiger partial charge >= 0.3 is 0 Å². The van der Waals surface area contributed by atoms with Crippen molar-refractivity contribution in [2.45, 2.75) is 32.2 Å². The Labute approximate surface area is 134 Å². The van der Waals surface area contributed by atoms with Gasteiger partial charge in [0.05, 0.1) is 6.54 Å². The molecule has 0 atom stereocenters. The SMILES string of the molecule is CN(Cc1nc(-c2ccc(Cl)cc2)no1)C(=O)C1CCCC1. The van der Waals surface area contributed by atoms with Gasteiger partial charge < -0.3 is 9.42 Å². The molecule has 0 radical (unpaired) electrons. The largest absolute Gasteiger partial charge is 0.337 e. The topological polar surface area (TPSA) is 59.2 Å². The number of halogens is 1. The van der Waals surface area contributed by atoms with Crippen LogP contribution in [0.1, 0.15) is 31.6 Å². The van der Waals surface area contributed by atoms with E-state index in [2.05, 4.69) is 10.1 Å². The third-order valence-electron chi connectivity index (χ3n) is 4.02. The number of carbonyl (C=O) groups is 1. The van der Waals surface area contributed by atoms with Crippen LogP contribution in [0.25, 0.3) is 11.4 Å². The van der Waals surface area contributed by atoms with Crippen molar-refractivity contribution in [2.75, 3.05) is 7.05 Å². The molecule has 1 aliphatic rings. The molecule has 1 amide bonds. The number of carbonyl (C=O) groups excluding carboxylic acids is 1. The lowest BCUT2D eigenvalue weighted by molar-refractivity contribution is -0.134. The summed E-state index contributed by atoms with van der Waals surface area (Å²) in [4.78, 5) is 18.3. The number of hydrogen-bond acceptors (Lipinski definition) is 4. The molecule has 1 saturated carbocycles. The van der Waals surface area contributed by atoms with Crippen molar-refractivity contribution in [2.24, 2.45) is 5.92 Å². The lowest BCUT2D eigenvalue weighted by atomic mass is 10.1. The zero-order valence-electron chi connectivity index (χ0n) is 12.5. The van der Waals surface area contributed by atoms with E-state index in [1.165, 1.54) is 0 Å². The van der Waals surface area contributed by atoms with Gasteiger partial charge in [-0.1, -0.05) is 29.6 Å². The average Bonchev–Trinajstić information content (AvgIpc) is 3.18. The smallest absolute Gasteiger partial charge is 0.246 e. The van der Waals surface area contributed by atoms with Crippen molar-refractivity contribution in [1.82, 2.24) is 15.0 Å². The first kappa shape index (κ1) is 15.0. The molecule has 116 valence electrons. The third kappa shape index (κ3) is 3.30. The first-order valence-corrected chi connectivity index (χ1v) is 7.85. The van der Waals surface area contributed by atoms with Crippen LogP contribution in [0.3, 0.4) is 0 Å². The van der Waals surface area contributed by atoms with Crippen molar-refractivity contribution in [3.63, 3.8) is 0 Å². The summed E-state index contributed by atoms with van der Waals surface area (Å²) in [6.07, 6.45) is 4.27. The molecule has 0 unspecified atom stereocenters. The molecule has 1 fully saturated rings. The molecule has 3 rings (SSSR count). The van der Waals surface area contributed by atoms with E-state index in [0.717, 1.165) is 31.2 Å². The van der Waals surface area contributed by atoms with Crippen LogP contribution in [0, 0.1) is 5.92 Å². The van der Waals surface area contributed by atoms with Gasteiger partial charge in [0.25, 0.3) is 0 Å². The highest BCUT2D eigenvalue weighted by Crippen LogP contribution is 2.26. The molecule has 1 heterocycles. The van der Waals surface area contributed by atoms with Crippen molar-refractivity contribution < 1.29 is 9.32 Å². The zero-order chi connectivity index (χ0) is 15.5. The summed E-state index contributed by atoms with van der Waals surface area (Å²) in [6, 6.07) is 7.24. The highest BCUT2D eigenvalue weighted by Gasteiger charge is 2.26. The van der Waals surface area contributed by atoms with Crippen LogP contribution in [-0.4, -0.2) is 28.0 Å². The van der Waals surface area contributed by atoms with E-state index in [1.807, 2.05) is 12.1 Å². The normalized spacial score (nSPS) is 15.2. The van der Waals surface area contributed by atoms with E-state index in [-0.39, 0.29) is 11.8 Å². The first-order chi connectivity index (χ1) is 10.6. The predicted octanol–water partition coefficient (Wildman–Crippen LogP) is 3.54. The van der Waals surface area contributed by atoms with Gasteiger partial charge in [-0.25, -0.2) is 0 Å². The van der Waals surface area contributed by atoms with Gasteiger partial charge in [0.2, 0.25) is 17.6 Å². The fourth-order valence-corrected chi connectivity index (χ4v) is 2.93. The maximum atomic E-state index is 12.3. The Kier molecular flexibility index (Phi) is 4.43. The van der Waals surface area contributed by atoms with Crippen LogP contribution >= 0.6 is 11.6 Å². The minimum Gasteiger partial charge on any atom is -0.337 e. The Morgan fingerprint density at radius 3 is 2.68 bits per heavy atom. The summed E-state index contributed by atoms with van der Waals surface area (Å²) < 4.78 is 5.24. The van der Waals surface area contributed by atoms with E-state index in [4.69, 9.17) is 16.1 Å². The summed E-state index contributed by atoms with van der Waals surface area (Å²) in [5, 5.41) is 4.62. The maximum Gasteiger partial charge on any atom is 0.246 e. The van der Waals surface area contributed by atoms with Crippen LogP contribution in [0.4, 0.5) is 0 Å². The van der Waals surface area contributed by atoms with Crippen molar-refractivity contribution in [3.8, 4) is 11.4 Å². The van der Waals surface area contributed by atoms with E-state index >= 15 is 0 Å². The van der Waals surface area contributed by atoms with Crippen LogP contribution in [0.2, 0.25) is 5.02 Å². The van der Waals surface area contributed by atoms with Crippen molar-refractivity contribution >= 4 is 17.5 Å². The molecule has 22 heavy (non-hydrogen) atoms. The highest BCUT2D eigenvalue weighted by molar-refractivity contribution is 6.30. The summed E-state index contributed by atoms with van der Waals surface area (Å²) in [6.45, 7) is 0.343. The van der Waals surface area contributed by atoms with E-state index in [9.17, 15) is 4.79 Å². The summed E-state index contributed by atoms with van der Waals surface area (Å²) in [5.74, 6) is 1.28. The van der Waals surface area contributed by atoms with Gasteiger partial charge in [-0.3, -0.25) is 4.79 Å². The van der Waals surface area contributed by atoms with Crippen LogP contribution in [-0.2, 0) is 11.3 Å². The standard InChI is InChI=1S/C16H18ClN3O2/c1-20(16(21)12-4-2-3-5-12)10-14-18-15(19-22-14)11-6-8-13(17)9-7-11/h6-9,12H,2-5,10H2,1H3. The molecular formula is C16H18ClN3O2. The maximum absolute atomic E-state index is 12.3. The highest BCUT2D eigenvalue weighted by atomic mass is 35.5. The van der Waals surface area contributed by atoms with Gasteiger partial charge in [-0.2, -0.15) is 4.98 Å². The third-order valence-corrected chi connectivity index (χ3v) is 4.28. The lowest BCUT2D eigenvalue weighted by Crippen LogP contribution is -2.31. The van der Waals surface area contributed by atoms with Gasteiger partial charge in [0.1, 0.15) is 0 Å². The van der Waals surface area contributed by atoms with Crippen LogP contribution in [0.15, 0.2) is 28.8 Å². The molecule has 1 aromatic carbocycles. The molecular weight excluding hydrogens is 302 g/mol. The Bertz CT molecular complexity index is 648. The molecule has 5 nitrogen and oxygen atoms in total. The molecule has 0 aliphatic heterocycles. The van der Waals surface area contributed by atoms with Gasteiger partial charge in [-0.15, -0.1) is 0 Å². The Morgan fingerprint density at radius 1 is 1.32 bits per heavy atom. The Balaban J connectivity index is 1.66. The molecule has 2 aromatic rings. The van der Waals surface area contributed by atoms with Crippen molar-refractivity contribution in [3.05, 3.63) is 35.2 Å². The fraction of sp³-hybridized carbons (Fsp3) is 0.438. The molecule has 0 spiro atoms.